The van der Waals surface area contributed by atoms with E-state index in [1.54, 1.807) is 36.3 Å². The molecular weight excluding hydrogens is 383 g/mol. The summed E-state index contributed by atoms with van der Waals surface area (Å²) in [6.45, 7) is 3.95. The molecule has 1 fully saturated rings. The van der Waals surface area contributed by atoms with Gasteiger partial charge in [-0.3, -0.25) is 14.3 Å². The molecule has 3 aromatic rings. The highest BCUT2D eigenvalue weighted by molar-refractivity contribution is 5.93. The second-order valence-corrected chi connectivity index (χ2v) is 7.40. The summed E-state index contributed by atoms with van der Waals surface area (Å²) in [6.07, 6.45) is 4.08. The van der Waals surface area contributed by atoms with Gasteiger partial charge in [-0.1, -0.05) is 12.1 Å². The van der Waals surface area contributed by atoms with Gasteiger partial charge in [-0.2, -0.15) is 0 Å². The summed E-state index contributed by atoms with van der Waals surface area (Å²) in [4.78, 5) is 21.6. The normalized spacial score (nSPS) is 15.1. The fourth-order valence-corrected chi connectivity index (χ4v) is 3.74. The Morgan fingerprint density at radius 2 is 1.80 bits per heavy atom. The summed E-state index contributed by atoms with van der Waals surface area (Å²) in [7, 11) is 1.66. The van der Waals surface area contributed by atoms with Crippen molar-refractivity contribution in [3.05, 3.63) is 78.1 Å². The smallest absolute Gasteiger partial charge is 0.272 e. The fraction of sp³-hybridized carbons (Fsp3) is 0.304. The molecule has 0 atom stereocenters. The predicted octanol–water partition coefficient (Wildman–Crippen LogP) is 3.37. The molecule has 2 heterocycles. The molecule has 1 aromatic heterocycles. The summed E-state index contributed by atoms with van der Waals surface area (Å²) in [5, 5.41) is 0. The SMILES string of the molecule is COc1ccc(CN2CCCN(C(=O)c3cncn3-c3ccc(F)cc3)CC2)cc1. The van der Waals surface area contributed by atoms with Crippen LogP contribution in [0.1, 0.15) is 22.5 Å². The van der Waals surface area contributed by atoms with Crippen LogP contribution in [-0.2, 0) is 6.54 Å². The molecule has 4 rings (SSSR count). The van der Waals surface area contributed by atoms with Crippen molar-refractivity contribution >= 4 is 5.91 Å². The van der Waals surface area contributed by atoms with E-state index in [-0.39, 0.29) is 11.7 Å². The summed E-state index contributed by atoms with van der Waals surface area (Å²) >= 11 is 0. The maximum absolute atomic E-state index is 13.2. The number of hydrogen-bond donors (Lipinski definition) is 0. The van der Waals surface area contributed by atoms with E-state index in [1.165, 1.54) is 17.7 Å². The lowest BCUT2D eigenvalue weighted by Crippen LogP contribution is -2.36. The number of hydrogen-bond acceptors (Lipinski definition) is 4. The quantitative estimate of drug-likeness (QED) is 0.650. The molecule has 0 saturated carbocycles. The highest BCUT2D eigenvalue weighted by Gasteiger charge is 2.23. The molecule has 0 N–H and O–H groups in total. The number of nitrogens with zero attached hydrogens (tertiary/aromatic N) is 4. The van der Waals surface area contributed by atoms with E-state index >= 15 is 0 Å². The molecular formula is C23H25FN4O2. The summed E-state index contributed by atoms with van der Waals surface area (Å²) in [5.74, 6) is 0.489. The number of ether oxygens (including phenoxy) is 1. The molecule has 156 valence electrons. The minimum atomic E-state index is -0.309. The van der Waals surface area contributed by atoms with Crippen molar-refractivity contribution in [1.29, 1.82) is 0 Å². The van der Waals surface area contributed by atoms with Crippen LogP contribution in [0.4, 0.5) is 4.39 Å². The standard InChI is InChI=1S/C23H25FN4O2/c1-30-21-9-3-18(4-10-21)16-26-11-2-12-27(14-13-26)23(29)22-15-25-17-28(22)20-7-5-19(24)6-8-20/h3-10,15,17H,2,11-14,16H2,1H3. The largest absolute Gasteiger partial charge is 0.497 e. The first-order valence-electron chi connectivity index (χ1n) is 10.1. The van der Waals surface area contributed by atoms with Gasteiger partial charge in [0.15, 0.2) is 0 Å². The van der Waals surface area contributed by atoms with Crippen LogP contribution < -0.4 is 4.74 Å². The number of amides is 1. The van der Waals surface area contributed by atoms with Gasteiger partial charge in [0.1, 0.15) is 17.3 Å². The molecule has 1 amide bonds. The van der Waals surface area contributed by atoms with E-state index in [0.29, 0.717) is 24.5 Å². The van der Waals surface area contributed by atoms with E-state index in [4.69, 9.17) is 4.74 Å². The average molecular weight is 408 g/mol. The number of methoxy groups -OCH3 is 1. The van der Waals surface area contributed by atoms with Crippen molar-refractivity contribution in [2.24, 2.45) is 0 Å². The lowest BCUT2D eigenvalue weighted by atomic mass is 10.2. The fourth-order valence-electron chi connectivity index (χ4n) is 3.74. The van der Waals surface area contributed by atoms with Crippen molar-refractivity contribution in [1.82, 2.24) is 19.4 Å². The number of aromatic nitrogens is 2. The highest BCUT2D eigenvalue weighted by atomic mass is 19.1. The molecule has 1 saturated heterocycles. The Balaban J connectivity index is 1.41. The monoisotopic (exact) mass is 408 g/mol. The molecule has 1 aliphatic rings. The molecule has 7 heteroatoms. The maximum atomic E-state index is 13.2. The van der Waals surface area contributed by atoms with Gasteiger partial charge < -0.3 is 9.64 Å². The third kappa shape index (κ3) is 4.52. The Bertz CT molecular complexity index is 985. The van der Waals surface area contributed by atoms with Crippen molar-refractivity contribution in [3.63, 3.8) is 0 Å². The first-order valence-corrected chi connectivity index (χ1v) is 10.1. The van der Waals surface area contributed by atoms with E-state index in [1.807, 2.05) is 17.0 Å². The van der Waals surface area contributed by atoms with E-state index < -0.39 is 0 Å². The number of carbonyl (C=O) groups is 1. The molecule has 0 radical (unpaired) electrons. The average Bonchev–Trinajstić information content (AvgIpc) is 3.14. The Labute approximate surface area is 175 Å². The van der Waals surface area contributed by atoms with Crippen molar-refractivity contribution in [3.8, 4) is 11.4 Å². The molecule has 1 aliphatic heterocycles. The van der Waals surface area contributed by atoms with Gasteiger partial charge in [0.2, 0.25) is 0 Å². The van der Waals surface area contributed by atoms with Crippen LogP contribution in [-0.4, -0.2) is 58.5 Å². The first kappa shape index (κ1) is 20.1. The molecule has 6 nitrogen and oxygen atoms in total. The van der Waals surface area contributed by atoms with Crippen molar-refractivity contribution in [2.45, 2.75) is 13.0 Å². The van der Waals surface area contributed by atoms with Crippen LogP contribution in [0.15, 0.2) is 61.1 Å². The van der Waals surface area contributed by atoms with Crippen molar-refractivity contribution in [2.75, 3.05) is 33.3 Å². The Kier molecular flexibility index (Phi) is 6.09. The third-order valence-electron chi connectivity index (χ3n) is 5.40. The lowest BCUT2D eigenvalue weighted by molar-refractivity contribution is 0.0753. The van der Waals surface area contributed by atoms with Crippen LogP contribution in [0.3, 0.4) is 0 Å². The van der Waals surface area contributed by atoms with Gasteiger partial charge in [0.05, 0.1) is 19.6 Å². The number of imidazole rings is 1. The predicted molar refractivity (Wildman–Crippen MR) is 112 cm³/mol. The van der Waals surface area contributed by atoms with Crippen LogP contribution in [0.2, 0.25) is 0 Å². The minimum Gasteiger partial charge on any atom is -0.497 e. The molecule has 30 heavy (non-hydrogen) atoms. The maximum Gasteiger partial charge on any atom is 0.272 e. The summed E-state index contributed by atoms with van der Waals surface area (Å²) < 4.78 is 20.2. The van der Waals surface area contributed by atoms with Gasteiger partial charge in [-0.25, -0.2) is 9.37 Å². The van der Waals surface area contributed by atoms with E-state index in [2.05, 4.69) is 22.0 Å². The van der Waals surface area contributed by atoms with Crippen LogP contribution >= 0.6 is 0 Å². The Morgan fingerprint density at radius 3 is 2.53 bits per heavy atom. The molecule has 0 bridgehead atoms. The Morgan fingerprint density at radius 1 is 1.03 bits per heavy atom. The molecule has 2 aromatic carbocycles. The highest BCUT2D eigenvalue weighted by Crippen LogP contribution is 2.17. The summed E-state index contributed by atoms with van der Waals surface area (Å²) in [6, 6.07) is 14.2. The van der Waals surface area contributed by atoms with Crippen LogP contribution in [0, 0.1) is 5.82 Å². The zero-order valence-corrected chi connectivity index (χ0v) is 17.0. The number of benzene rings is 2. The van der Waals surface area contributed by atoms with Crippen molar-refractivity contribution < 1.29 is 13.9 Å². The van der Waals surface area contributed by atoms with E-state index in [9.17, 15) is 9.18 Å². The third-order valence-corrected chi connectivity index (χ3v) is 5.40. The van der Waals surface area contributed by atoms with Gasteiger partial charge >= 0.3 is 0 Å². The van der Waals surface area contributed by atoms with Gasteiger partial charge in [-0.15, -0.1) is 0 Å². The van der Waals surface area contributed by atoms with Gasteiger partial charge in [0, 0.05) is 38.4 Å². The van der Waals surface area contributed by atoms with Crippen LogP contribution in [0.25, 0.3) is 5.69 Å². The molecule has 0 spiro atoms. The molecule has 0 unspecified atom stereocenters. The molecule has 0 aliphatic carbocycles. The number of halogens is 1. The first-order chi connectivity index (χ1) is 14.6. The van der Waals surface area contributed by atoms with Crippen LogP contribution in [0.5, 0.6) is 5.75 Å². The minimum absolute atomic E-state index is 0.0527. The topological polar surface area (TPSA) is 50.6 Å². The van der Waals surface area contributed by atoms with Gasteiger partial charge in [0.25, 0.3) is 5.91 Å². The van der Waals surface area contributed by atoms with Gasteiger partial charge in [-0.05, 0) is 48.4 Å². The zero-order valence-electron chi connectivity index (χ0n) is 17.0. The Hall–Kier alpha value is -3.19. The second-order valence-electron chi connectivity index (χ2n) is 7.40. The number of rotatable bonds is 5. The summed E-state index contributed by atoms with van der Waals surface area (Å²) in [5.41, 5.74) is 2.43. The van der Waals surface area contributed by atoms with E-state index in [0.717, 1.165) is 31.8 Å². The lowest BCUT2D eigenvalue weighted by Gasteiger charge is -2.22. The second kappa shape index (κ2) is 9.09. The zero-order chi connectivity index (χ0) is 20.9. The number of carbonyl (C=O) groups excluding carboxylic acids is 1.